The molecule has 0 bridgehead atoms. The van der Waals surface area contributed by atoms with E-state index in [9.17, 15) is 13.2 Å². The van der Waals surface area contributed by atoms with Crippen LogP contribution in [0.15, 0.2) is 65.7 Å². The second-order valence-corrected chi connectivity index (χ2v) is 11.2. The number of thiocarbonyl (C=S) groups is 1. The van der Waals surface area contributed by atoms with E-state index >= 15 is 0 Å². The Hall–Kier alpha value is -0.560. The zero-order chi connectivity index (χ0) is 19.8. The molecular weight excluding hydrogens is 604 g/mol. The number of hydrazine groups is 1. The van der Waals surface area contributed by atoms with Gasteiger partial charge in [0, 0.05) is 13.4 Å². The minimum atomic E-state index is -3.94. The van der Waals surface area contributed by atoms with Crippen LogP contribution in [-0.4, -0.2) is 23.7 Å². The summed E-state index contributed by atoms with van der Waals surface area (Å²) in [6.07, 6.45) is 1.66. The minimum Gasteiger partial charge on any atom is -0.267 e. The van der Waals surface area contributed by atoms with Crippen molar-refractivity contribution >= 4 is 98.1 Å². The van der Waals surface area contributed by atoms with Crippen molar-refractivity contribution in [3.63, 3.8) is 0 Å². The highest BCUT2D eigenvalue weighted by Gasteiger charge is 2.35. The topological polar surface area (TPSA) is 66.5 Å². The van der Waals surface area contributed by atoms with E-state index in [4.69, 9.17) is 12.2 Å². The molecule has 0 radical (unpaired) electrons. The highest BCUT2D eigenvalue weighted by atomic mass is 79.9. The summed E-state index contributed by atoms with van der Waals surface area (Å²) in [5, 5.41) is 0.872. The lowest BCUT2D eigenvalue weighted by atomic mass is 10.2. The summed E-state index contributed by atoms with van der Waals surface area (Å²) in [4.78, 5) is 15.2. The first kappa shape index (κ1) is 21.2. The van der Waals surface area contributed by atoms with Crippen molar-refractivity contribution in [3.05, 3.63) is 66.4 Å². The number of sulfonamides is 1. The predicted molar refractivity (Wildman–Crippen MR) is 121 cm³/mol. The molecule has 0 spiro atoms. The van der Waals surface area contributed by atoms with Crippen molar-refractivity contribution in [3.8, 4) is 0 Å². The third kappa shape index (κ3) is 4.89. The molecule has 3 rings (SSSR count). The fourth-order valence-corrected chi connectivity index (χ4v) is 5.30. The molecule has 2 aromatic rings. The van der Waals surface area contributed by atoms with Gasteiger partial charge in [0.2, 0.25) is 0 Å². The van der Waals surface area contributed by atoms with Gasteiger partial charge in [-0.2, -0.15) is 0 Å². The van der Waals surface area contributed by atoms with E-state index in [0.717, 1.165) is 35.8 Å². The number of nitrogens with one attached hydrogen (secondary N) is 1. The van der Waals surface area contributed by atoms with Crippen LogP contribution >= 0.6 is 71.8 Å². The normalized spacial score (nSPS) is 16.4. The number of carbonyl (C=O) groups is 1. The van der Waals surface area contributed by atoms with Crippen molar-refractivity contribution in [1.29, 1.82) is 0 Å². The molecule has 1 N–H and O–H groups in total. The third-order valence-corrected chi connectivity index (χ3v) is 8.40. The Morgan fingerprint density at radius 2 is 1.70 bits per heavy atom. The predicted octanol–water partition coefficient (Wildman–Crippen LogP) is 5.07. The van der Waals surface area contributed by atoms with Crippen LogP contribution < -0.4 is 4.83 Å². The van der Waals surface area contributed by atoms with Crippen molar-refractivity contribution in [2.75, 3.05) is 0 Å². The van der Waals surface area contributed by atoms with Gasteiger partial charge in [0.25, 0.3) is 15.9 Å². The lowest BCUT2D eigenvalue weighted by Crippen LogP contribution is -2.44. The molecule has 1 amide bonds. The van der Waals surface area contributed by atoms with E-state index in [0.29, 0.717) is 4.91 Å². The highest BCUT2D eigenvalue weighted by molar-refractivity contribution is 9.13. The average Bonchev–Trinajstić information content (AvgIpc) is 2.86. The van der Waals surface area contributed by atoms with E-state index in [2.05, 4.69) is 52.6 Å². The molecule has 0 aromatic heterocycles. The van der Waals surface area contributed by atoms with Crippen LogP contribution in [0.25, 0.3) is 6.08 Å². The zero-order valence-corrected chi connectivity index (χ0v) is 20.4. The number of halogens is 3. The van der Waals surface area contributed by atoms with Crippen LogP contribution in [0.1, 0.15) is 5.56 Å². The SMILES string of the molecule is O=C1/C(=C/c2ccc(Br)c(Br)c2)SC(=S)N1NS(=O)(=O)c1ccc(Br)cc1. The Balaban J connectivity index is 1.84. The Morgan fingerprint density at radius 1 is 1.04 bits per heavy atom. The van der Waals surface area contributed by atoms with Gasteiger partial charge in [-0.25, -0.2) is 13.4 Å². The van der Waals surface area contributed by atoms with Gasteiger partial charge < -0.3 is 0 Å². The Bertz CT molecular complexity index is 1070. The maximum atomic E-state index is 12.6. The first-order valence-electron chi connectivity index (χ1n) is 7.18. The maximum Gasteiger partial charge on any atom is 0.281 e. The lowest BCUT2D eigenvalue weighted by Gasteiger charge is -2.16. The van der Waals surface area contributed by atoms with Gasteiger partial charge in [-0.3, -0.25) is 4.79 Å². The number of thioether (sulfide) groups is 1. The summed E-state index contributed by atoms with van der Waals surface area (Å²) in [5.41, 5.74) is 0.779. The van der Waals surface area contributed by atoms with Gasteiger partial charge in [-0.1, -0.05) is 46.0 Å². The fourth-order valence-electron chi connectivity index (χ4n) is 2.09. The second-order valence-electron chi connectivity index (χ2n) is 5.24. The van der Waals surface area contributed by atoms with Gasteiger partial charge in [0.15, 0.2) is 4.32 Å². The number of amides is 1. The number of hydrogen-bond acceptors (Lipinski definition) is 5. The Kier molecular flexibility index (Phi) is 6.61. The number of hydrogen-bond donors (Lipinski definition) is 1. The number of carbonyl (C=O) groups excluding carboxylic acids is 1. The van der Waals surface area contributed by atoms with Crippen LogP contribution in [0.5, 0.6) is 0 Å². The molecule has 1 heterocycles. The Morgan fingerprint density at radius 3 is 2.33 bits per heavy atom. The van der Waals surface area contributed by atoms with Crippen LogP contribution in [0, 0.1) is 0 Å². The summed E-state index contributed by atoms with van der Waals surface area (Å²) >= 11 is 16.2. The first-order valence-corrected chi connectivity index (χ1v) is 12.3. The molecule has 0 aliphatic carbocycles. The molecular formula is C16H9Br3N2O3S3. The average molecular weight is 613 g/mol. The fraction of sp³-hybridized carbons (Fsp3) is 0. The van der Waals surface area contributed by atoms with E-state index in [1.54, 1.807) is 18.2 Å². The van der Waals surface area contributed by atoms with Crippen LogP contribution in [0.4, 0.5) is 0 Å². The van der Waals surface area contributed by atoms with Crippen molar-refractivity contribution in [2.24, 2.45) is 0 Å². The number of nitrogens with zero attached hydrogens (tertiary/aromatic N) is 1. The van der Waals surface area contributed by atoms with Gasteiger partial charge in [0.05, 0.1) is 9.80 Å². The van der Waals surface area contributed by atoms with Gasteiger partial charge in [-0.05, 0) is 79.9 Å². The molecule has 0 saturated carbocycles. The molecule has 27 heavy (non-hydrogen) atoms. The van der Waals surface area contributed by atoms with Crippen LogP contribution in [0.3, 0.4) is 0 Å². The summed E-state index contributed by atoms with van der Waals surface area (Å²) in [6, 6.07) is 11.6. The summed E-state index contributed by atoms with van der Waals surface area (Å²) in [7, 11) is -3.94. The molecule has 1 aliphatic rings. The molecule has 1 aliphatic heterocycles. The van der Waals surface area contributed by atoms with Crippen molar-refractivity contribution in [2.45, 2.75) is 4.90 Å². The molecule has 2 aromatic carbocycles. The molecule has 0 atom stereocenters. The van der Waals surface area contributed by atoms with Crippen molar-refractivity contribution < 1.29 is 13.2 Å². The highest BCUT2D eigenvalue weighted by Crippen LogP contribution is 2.33. The Labute approximate surface area is 191 Å². The molecule has 11 heteroatoms. The van der Waals surface area contributed by atoms with E-state index in [1.807, 2.05) is 18.2 Å². The third-order valence-electron chi connectivity index (χ3n) is 3.37. The standard InChI is InChI=1S/C16H9Br3N2O3S3/c17-10-2-4-11(5-3-10)27(23,24)20-21-15(22)14(26-16(21)25)8-9-1-6-12(18)13(19)7-9/h1-8,20H/b14-8-. The monoisotopic (exact) mass is 610 g/mol. The first-order chi connectivity index (χ1) is 12.7. The number of rotatable bonds is 4. The van der Waals surface area contributed by atoms with E-state index < -0.39 is 15.9 Å². The van der Waals surface area contributed by atoms with E-state index in [-0.39, 0.29) is 9.22 Å². The maximum absolute atomic E-state index is 12.6. The molecule has 0 unspecified atom stereocenters. The van der Waals surface area contributed by atoms with Gasteiger partial charge in [-0.15, -0.1) is 4.83 Å². The second kappa shape index (κ2) is 8.44. The molecule has 140 valence electrons. The van der Waals surface area contributed by atoms with Crippen molar-refractivity contribution in [1.82, 2.24) is 9.84 Å². The minimum absolute atomic E-state index is 0.0283. The molecule has 1 fully saturated rings. The number of benzene rings is 2. The molecule has 5 nitrogen and oxygen atoms in total. The summed E-state index contributed by atoms with van der Waals surface area (Å²) in [6.45, 7) is 0. The molecule has 1 saturated heterocycles. The van der Waals surface area contributed by atoms with Crippen LogP contribution in [0.2, 0.25) is 0 Å². The largest absolute Gasteiger partial charge is 0.281 e. The summed E-state index contributed by atoms with van der Waals surface area (Å²) in [5.74, 6) is -0.523. The smallest absolute Gasteiger partial charge is 0.267 e. The lowest BCUT2D eigenvalue weighted by molar-refractivity contribution is -0.123. The van der Waals surface area contributed by atoms with Gasteiger partial charge in [0.1, 0.15) is 0 Å². The zero-order valence-electron chi connectivity index (χ0n) is 13.1. The quantitative estimate of drug-likeness (QED) is 0.386. The van der Waals surface area contributed by atoms with Gasteiger partial charge >= 0.3 is 0 Å². The summed E-state index contributed by atoms with van der Waals surface area (Å²) < 4.78 is 27.6. The van der Waals surface area contributed by atoms with E-state index in [1.165, 1.54) is 12.1 Å². The van der Waals surface area contributed by atoms with Crippen LogP contribution in [-0.2, 0) is 14.8 Å².